The van der Waals surface area contributed by atoms with Crippen LogP contribution in [0.1, 0.15) is 60.8 Å². The summed E-state index contributed by atoms with van der Waals surface area (Å²) >= 11 is 0. The molecule has 1 rings (SSSR count). The molecule has 0 N–H and O–H groups in total. The summed E-state index contributed by atoms with van der Waals surface area (Å²) in [4.78, 5) is 0. The molecule has 1 fully saturated rings. The summed E-state index contributed by atoms with van der Waals surface area (Å²) in [5.74, 6) is 1.80. The zero-order chi connectivity index (χ0) is 11.7. The van der Waals surface area contributed by atoms with Gasteiger partial charge < -0.3 is 4.74 Å². The molecule has 0 aromatic rings. The van der Waals surface area contributed by atoms with Gasteiger partial charge in [-0.2, -0.15) is 0 Å². The summed E-state index contributed by atoms with van der Waals surface area (Å²) < 4.78 is 5.82. The molecule has 90 valence electrons. The zero-order valence-electron chi connectivity index (χ0n) is 11.4. The zero-order valence-corrected chi connectivity index (χ0v) is 11.4. The van der Waals surface area contributed by atoms with Crippen LogP contribution in [0.15, 0.2) is 0 Å². The second kappa shape index (κ2) is 4.45. The van der Waals surface area contributed by atoms with Crippen LogP contribution in [0.25, 0.3) is 0 Å². The van der Waals surface area contributed by atoms with Crippen molar-refractivity contribution in [3.63, 3.8) is 0 Å². The van der Waals surface area contributed by atoms with E-state index < -0.39 is 0 Å². The van der Waals surface area contributed by atoms with Crippen molar-refractivity contribution in [3.05, 3.63) is 0 Å². The van der Waals surface area contributed by atoms with Crippen LogP contribution in [0.4, 0.5) is 0 Å². The van der Waals surface area contributed by atoms with Crippen LogP contribution in [0.2, 0.25) is 0 Å². The third-order valence-corrected chi connectivity index (χ3v) is 3.06. The van der Waals surface area contributed by atoms with Crippen LogP contribution in [0.5, 0.6) is 0 Å². The summed E-state index contributed by atoms with van der Waals surface area (Å²) in [5, 5.41) is 0. The van der Waals surface area contributed by atoms with Crippen LogP contribution in [-0.2, 0) is 4.74 Å². The van der Waals surface area contributed by atoms with Gasteiger partial charge in [0.1, 0.15) is 0 Å². The summed E-state index contributed by atoms with van der Waals surface area (Å²) in [6.07, 6.45) is 4.14. The SMILES string of the molecule is CC(C)(C)CCC1CC1COC(C)(C)C. The van der Waals surface area contributed by atoms with Crippen LogP contribution in [0, 0.1) is 17.3 Å². The molecule has 1 nitrogen and oxygen atoms in total. The van der Waals surface area contributed by atoms with Gasteiger partial charge in [-0.05, 0) is 57.3 Å². The quantitative estimate of drug-likeness (QED) is 0.676. The number of rotatable bonds is 4. The molecule has 15 heavy (non-hydrogen) atoms. The topological polar surface area (TPSA) is 9.23 Å². The standard InChI is InChI=1S/C14H28O/c1-13(2,3)8-7-11-9-12(11)10-15-14(4,5)6/h11-12H,7-10H2,1-6H3. The third kappa shape index (κ3) is 6.19. The molecule has 0 amide bonds. The number of hydrogen-bond donors (Lipinski definition) is 0. The minimum absolute atomic E-state index is 0.0389. The van der Waals surface area contributed by atoms with Crippen molar-refractivity contribution in [2.24, 2.45) is 17.3 Å². The van der Waals surface area contributed by atoms with Crippen LogP contribution in [-0.4, -0.2) is 12.2 Å². The number of ether oxygens (including phenoxy) is 1. The first-order chi connectivity index (χ1) is 6.67. The van der Waals surface area contributed by atoms with Gasteiger partial charge in [-0.3, -0.25) is 0 Å². The maximum absolute atomic E-state index is 5.82. The first-order valence-corrected chi connectivity index (χ1v) is 6.31. The van der Waals surface area contributed by atoms with E-state index >= 15 is 0 Å². The lowest BCUT2D eigenvalue weighted by Gasteiger charge is -2.20. The Labute approximate surface area is 95.6 Å². The Morgan fingerprint density at radius 2 is 1.60 bits per heavy atom. The van der Waals surface area contributed by atoms with Gasteiger partial charge in [0.05, 0.1) is 12.2 Å². The Hall–Kier alpha value is -0.0400. The van der Waals surface area contributed by atoms with Crippen molar-refractivity contribution in [1.29, 1.82) is 0 Å². The predicted octanol–water partition coefficient (Wildman–Crippen LogP) is 4.26. The van der Waals surface area contributed by atoms with Gasteiger partial charge >= 0.3 is 0 Å². The Morgan fingerprint density at radius 3 is 2.07 bits per heavy atom. The van der Waals surface area contributed by atoms with Crippen molar-refractivity contribution < 1.29 is 4.74 Å². The molecule has 0 radical (unpaired) electrons. The molecular formula is C14H28O. The van der Waals surface area contributed by atoms with Gasteiger partial charge in [-0.25, -0.2) is 0 Å². The fraction of sp³-hybridized carbons (Fsp3) is 1.00. The van der Waals surface area contributed by atoms with Gasteiger partial charge in [-0.1, -0.05) is 20.8 Å². The van der Waals surface area contributed by atoms with Gasteiger partial charge in [-0.15, -0.1) is 0 Å². The summed E-state index contributed by atoms with van der Waals surface area (Å²) in [5.41, 5.74) is 0.537. The first kappa shape index (κ1) is 13.0. The average Bonchev–Trinajstić information content (AvgIpc) is 2.73. The third-order valence-electron chi connectivity index (χ3n) is 3.06. The fourth-order valence-electron chi connectivity index (χ4n) is 1.84. The normalized spacial score (nSPS) is 26.8. The maximum atomic E-state index is 5.82. The molecule has 1 saturated carbocycles. The fourth-order valence-corrected chi connectivity index (χ4v) is 1.84. The molecule has 2 unspecified atom stereocenters. The summed E-state index contributed by atoms with van der Waals surface area (Å²) in [7, 11) is 0. The second-order valence-corrected chi connectivity index (χ2v) is 7.28. The smallest absolute Gasteiger partial charge is 0.0598 e. The molecule has 0 aliphatic heterocycles. The molecule has 2 atom stereocenters. The van der Waals surface area contributed by atoms with Gasteiger partial charge in [0, 0.05) is 0 Å². The Balaban J connectivity index is 2.08. The Kier molecular flexibility index (Phi) is 3.86. The minimum Gasteiger partial charge on any atom is -0.376 e. The first-order valence-electron chi connectivity index (χ1n) is 6.31. The van der Waals surface area contributed by atoms with E-state index in [-0.39, 0.29) is 5.60 Å². The highest BCUT2D eigenvalue weighted by Gasteiger charge is 2.37. The highest BCUT2D eigenvalue weighted by atomic mass is 16.5. The van der Waals surface area contributed by atoms with E-state index in [4.69, 9.17) is 4.74 Å². The van der Waals surface area contributed by atoms with E-state index in [1.165, 1.54) is 19.3 Å². The molecule has 0 spiro atoms. The molecule has 0 saturated heterocycles. The molecule has 0 bridgehead atoms. The Bertz CT molecular complexity index is 172. The summed E-state index contributed by atoms with van der Waals surface area (Å²) in [6, 6.07) is 0. The van der Waals surface area contributed by atoms with E-state index in [1.54, 1.807) is 0 Å². The molecule has 0 aromatic carbocycles. The summed E-state index contributed by atoms with van der Waals surface area (Å²) in [6.45, 7) is 14.4. The van der Waals surface area contributed by atoms with Crippen molar-refractivity contribution in [2.45, 2.75) is 66.4 Å². The molecule has 0 aromatic heterocycles. The Morgan fingerprint density at radius 1 is 1.00 bits per heavy atom. The van der Waals surface area contributed by atoms with E-state index in [0.717, 1.165) is 18.4 Å². The molecule has 1 aliphatic carbocycles. The highest BCUT2D eigenvalue weighted by Crippen LogP contribution is 2.44. The lowest BCUT2D eigenvalue weighted by Crippen LogP contribution is -2.20. The van der Waals surface area contributed by atoms with E-state index in [1.807, 2.05) is 0 Å². The van der Waals surface area contributed by atoms with Gasteiger partial charge in [0.25, 0.3) is 0 Å². The van der Waals surface area contributed by atoms with Crippen LogP contribution < -0.4 is 0 Å². The van der Waals surface area contributed by atoms with Crippen molar-refractivity contribution in [1.82, 2.24) is 0 Å². The second-order valence-electron chi connectivity index (χ2n) is 7.28. The molecule has 0 heterocycles. The average molecular weight is 212 g/mol. The molecule has 1 heteroatoms. The molecule has 1 aliphatic rings. The van der Waals surface area contributed by atoms with Gasteiger partial charge in [0.15, 0.2) is 0 Å². The highest BCUT2D eigenvalue weighted by molar-refractivity contribution is 4.87. The van der Waals surface area contributed by atoms with Gasteiger partial charge in [0.2, 0.25) is 0 Å². The van der Waals surface area contributed by atoms with Crippen LogP contribution >= 0.6 is 0 Å². The lowest BCUT2D eigenvalue weighted by atomic mass is 9.89. The predicted molar refractivity (Wildman–Crippen MR) is 66.0 cm³/mol. The van der Waals surface area contributed by atoms with E-state index in [2.05, 4.69) is 41.5 Å². The monoisotopic (exact) mass is 212 g/mol. The minimum atomic E-state index is 0.0389. The van der Waals surface area contributed by atoms with E-state index in [9.17, 15) is 0 Å². The van der Waals surface area contributed by atoms with Crippen molar-refractivity contribution in [2.75, 3.05) is 6.61 Å². The number of hydrogen-bond acceptors (Lipinski definition) is 1. The lowest BCUT2D eigenvalue weighted by molar-refractivity contribution is -0.0109. The van der Waals surface area contributed by atoms with Crippen molar-refractivity contribution in [3.8, 4) is 0 Å². The largest absolute Gasteiger partial charge is 0.376 e. The van der Waals surface area contributed by atoms with E-state index in [0.29, 0.717) is 5.41 Å². The van der Waals surface area contributed by atoms with Crippen molar-refractivity contribution >= 4 is 0 Å². The maximum Gasteiger partial charge on any atom is 0.0598 e. The van der Waals surface area contributed by atoms with Crippen LogP contribution in [0.3, 0.4) is 0 Å². The molecular weight excluding hydrogens is 184 g/mol.